The van der Waals surface area contributed by atoms with Crippen molar-refractivity contribution in [2.75, 3.05) is 14.2 Å². The van der Waals surface area contributed by atoms with Crippen LogP contribution < -0.4 is 4.74 Å². The van der Waals surface area contributed by atoms with Crippen LogP contribution in [-0.2, 0) is 4.74 Å². The second-order valence-electron chi connectivity index (χ2n) is 3.77. The van der Waals surface area contributed by atoms with E-state index >= 15 is 0 Å². The van der Waals surface area contributed by atoms with Gasteiger partial charge in [0.05, 0.1) is 19.7 Å². The van der Waals surface area contributed by atoms with E-state index in [9.17, 15) is 4.79 Å². The average Bonchev–Trinajstić information content (AvgIpc) is 2.41. The molecule has 0 saturated carbocycles. The fraction of sp³-hybridized carbons (Fsp3) is 0.231. The van der Waals surface area contributed by atoms with Crippen molar-refractivity contribution >= 4 is 32.8 Å². The van der Waals surface area contributed by atoms with Gasteiger partial charge in [0.2, 0.25) is 0 Å². The van der Waals surface area contributed by atoms with Gasteiger partial charge in [-0.3, -0.25) is 0 Å². The summed E-state index contributed by atoms with van der Waals surface area (Å²) in [5.74, 6) is 0.130. The van der Waals surface area contributed by atoms with Crippen LogP contribution in [0.15, 0.2) is 22.7 Å². The van der Waals surface area contributed by atoms with Crippen molar-refractivity contribution in [3.63, 3.8) is 0 Å². The summed E-state index contributed by atoms with van der Waals surface area (Å²) in [5.41, 5.74) is 1.92. The zero-order valence-corrected chi connectivity index (χ0v) is 11.9. The summed E-state index contributed by atoms with van der Waals surface area (Å²) < 4.78 is 10.9. The first-order valence-electron chi connectivity index (χ1n) is 5.30. The van der Waals surface area contributed by atoms with Crippen molar-refractivity contribution in [3.05, 3.63) is 33.9 Å². The minimum atomic E-state index is -0.477. The summed E-state index contributed by atoms with van der Waals surface area (Å²) in [4.78, 5) is 15.9. The number of rotatable bonds is 2. The number of fused-ring (bicyclic) bond motifs is 1. The molecule has 4 nitrogen and oxygen atoms in total. The molecule has 0 spiro atoms. The van der Waals surface area contributed by atoms with Crippen LogP contribution in [0.3, 0.4) is 0 Å². The van der Waals surface area contributed by atoms with Gasteiger partial charge in [0, 0.05) is 15.9 Å². The molecule has 1 aromatic carbocycles. The standard InChI is InChI=1S/C13H12BrNO3/c1-7-9(14)5-4-8-11(17-2)6-10(13(16)18-3)15-12(7)8/h4-6H,1-3H3. The lowest BCUT2D eigenvalue weighted by Crippen LogP contribution is -2.05. The van der Waals surface area contributed by atoms with Gasteiger partial charge in [-0.1, -0.05) is 15.9 Å². The molecule has 0 saturated heterocycles. The van der Waals surface area contributed by atoms with Gasteiger partial charge in [0.25, 0.3) is 0 Å². The number of carbonyl (C=O) groups excluding carboxylic acids is 1. The van der Waals surface area contributed by atoms with Gasteiger partial charge in [-0.15, -0.1) is 0 Å². The van der Waals surface area contributed by atoms with Gasteiger partial charge < -0.3 is 9.47 Å². The molecule has 5 heteroatoms. The minimum Gasteiger partial charge on any atom is -0.496 e. The van der Waals surface area contributed by atoms with Gasteiger partial charge >= 0.3 is 5.97 Å². The Hall–Kier alpha value is -1.62. The summed E-state index contributed by atoms with van der Waals surface area (Å²) in [5, 5.41) is 0.867. The molecule has 0 unspecified atom stereocenters. The number of ether oxygens (including phenoxy) is 2. The number of halogens is 1. The molecule has 0 bridgehead atoms. The maximum Gasteiger partial charge on any atom is 0.356 e. The molecule has 0 aliphatic carbocycles. The van der Waals surface area contributed by atoms with E-state index in [-0.39, 0.29) is 5.69 Å². The molecule has 0 amide bonds. The van der Waals surface area contributed by atoms with Crippen molar-refractivity contribution in [2.24, 2.45) is 0 Å². The fourth-order valence-corrected chi connectivity index (χ4v) is 2.07. The monoisotopic (exact) mass is 309 g/mol. The number of pyridine rings is 1. The van der Waals surface area contributed by atoms with Crippen molar-refractivity contribution in [1.82, 2.24) is 4.98 Å². The van der Waals surface area contributed by atoms with Crippen LogP contribution >= 0.6 is 15.9 Å². The Kier molecular flexibility index (Phi) is 3.52. The first kappa shape index (κ1) is 12.8. The average molecular weight is 310 g/mol. The maximum atomic E-state index is 11.6. The van der Waals surface area contributed by atoms with Crippen LogP contribution in [0, 0.1) is 6.92 Å². The van der Waals surface area contributed by atoms with Crippen molar-refractivity contribution in [1.29, 1.82) is 0 Å². The predicted octanol–water partition coefficient (Wildman–Crippen LogP) is 3.10. The summed E-state index contributed by atoms with van der Waals surface area (Å²) in [7, 11) is 2.89. The zero-order valence-electron chi connectivity index (χ0n) is 10.3. The van der Waals surface area contributed by atoms with E-state index in [0.29, 0.717) is 5.75 Å². The van der Waals surface area contributed by atoms with Crippen molar-refractivity contribution < 1.29 is 14.3 Å². The van der Waals surface area contributed by atoms with Crippen molar-refractivity contribution in [3.8, 4) is 5.75 Å². The van der Waals surface area contributed by atoms with Crippen LogP contribution in [0.1, 0.15) is 16.1 Å². The number of methoxy groups -OCH3 is 2. The number of esters is 1. The molecule has 0 fully saturated rings. The highest BCUT2D eigenvalue weighted by Crippen LogP contribution is 2.31. The third-order valence-electron chi connectivity index (χ3n) is 2.74. The molecule has 0 radical (unpaired) electrons. The number of aryl methyl sites for hydroxylation is 1. The number of aromatic nitrogens is 1. The second kappa shape index (κ2) is 4.94. The lowest BCUT2D eigenvalue weighted by atomic mass is 10.1. The Balaban J connectivity index is 2.80. The molecular formula is C13H12BrNO3. The van der Waals surface area contributed by atoms with Gasteiger partial charge in [-0.25, -0.2) is 9.78 Å². The Morgan fingerprint density at radius 2 is 2.06 bits per heavy atom. The van der Waals surface area contributed by atoms with Gasteiger partial charge in [-0.2, -0.15) is 0 Å². The van der Waals surface area contributed by atoms with E-state index in [1.165, 1.54) is 7.11 Å². The molecule has 2 rings (SSSR count). The van der Waals surface area contributed by atoms with E-state index in [2.05, 4.69) is 25.7 Å². The molecular weight excluding hydrogens is 298 g/mol. The number of nitrogens with zero attached hydrogens (tertiary/aromatic N) is 1. The number of hydrogen-bond acceptors (Lipinski definition) is 4. The molecule has 2 aromatic rings. The Bertz CT molecular complexity index is 625. The lowest BCUT2D eigenvalue weighted by molar-refractivity contribution is 0.0594. The van der Waals surface area contributed by atoms with E-state index in [1.54, 1.807) is 13.2 Å². The highest BCUT2D eigenvalue weighted by molar-refractivity contribution is 9.10. The fourth-order valence-electron chi connectivity index (χ4n) is 1.75. The summed E-state index contributed by atoms with van der Waals surface area (Å²) in [6, 6.07) is 5.42. The maximum absolute atomic E-state index is 11.6. The third kappa shape index (κ3) is 2.06. The highest BCUT2D eigenvalue weighted by Gasteiger charge is 2.14. The number of benzene rings is 1. The molecule has 0 atom stereocenters. The molecule has 0 aliphatic rings. The first-order valence-corrected chi connectivity index (χ1v) is 6.10. The largest absolute Gasteiger partial charge is 0.496 e. The van der Waals surface area contributed by atoms with Gasteiger partial charge in [-0.05, 0) is 24.6 Å². The molecule has 0 aliphatic heterocycles. The molecule has 94 valence electrons. The van der Waals surface area contributed by atoms with Crippen LogP contribution in [0.25, 0.3) is 10.9 Å². The van der Waals surface area contributed by atoms with Crippen LogP contribution in [-0.4, -0.2) is 25.2 Å². The predicted molar refractivity (Wildman–Crippen MR) is 72.1 cm³/mol. The van der Waals surface area contributed by atoms with E-state index in [0.717, 1.165) is 20.9 Å². The van der Waals surface area contributed by atoms with Crippen LogP contribution in [0.2, 0.25) is 0 Å². The summed E-state index contributed by atoms with van der Waals surface area (Å²) >= 11 is 3.44. The van der Waals surface area contributed by atoms with Crippen molar-refractivity contribution in [2.45, 2.75) is 6.92 Å². The number of carbonyl (C=O) groups is 1. The van der Waals surface area contributed by atoms with E-state index < -0.39 is 5.97 Å². The second-order valence-corrected chi connectivity index (χ2v) is 4.62. The minimum absolute atomic E-state index is 0.239. The summed E-state index contributed by atoms with van der Waals surface area (Å²) in [6.45, 7) is 1.93. The van der Waals surface area contributed by atoms with Gasteiger partial charge in [0.15, 0.2) is 5.69 Å². The first-order chi connectivity index (χ1) is 8.58. The number of hydrogen-bond donors (Lipinski definition) is 0. The summed E-state index contributed by atoms with van der Waals surface area (Å²) in [6.07, 6.45) is 0. The highest BCUT2D eigenvalue weighted by atomic mass is 79.9. The van der Waals surface area contributed by atoms with Crippen LogP contribution in [0.4, 0.5) is 0 Å². The molecule has 1 aromatic heterocycles. The van der Waals surface area contributed by atoms with E-state index in [1.807, 2.05) is 19.1 Å². The zero-order chi connectivity index (χ0) is 13.3. The quantitative estimate of drug-likeness (QED) is 0.800. The Morgan fingerprint density at radius 1 is 1.33 bits per heavy atom. The topological polar surface area (TPSA) is 48.4 Å². The third-order valence-corrected chi connectivity index (χ3v) is 3.60. The SMILES string of the molecule is COC(=O)c1cc(OC)c2ccc(Br)c(C)c2n1. The molecule has 18 heavy (non-hydrogen) atoms. The van der Waals surface area contributed by atoms with E-state index in [4.69, 9.17) is 4.74 Å². The smallest absolute Gasteiger partial charge is 0.356 e. The van der Waals surface area contributed by atoms with Crippen LogP contribution in [0.5, 0.6) is 5.75 Å². The Labute approximate surface area is 113 Å². The molecule has 1 heterocycles. The lowest BCUT2D eigenvalue weighted by Gasteiger charge is -2.10. The molecule has 0 N–H and O–H groups in total. The normalized spacial score (nSPS) is 10.4. The van der Waals surface area contributed by atoms with Gasteiger partial charge in [0.1, 0.15) is 5.75 Å². The Morgan fingerprint density at radius 3 is 2.67 bits per heavy atom.